The molecule has 4 heterocycles. The first-order chi connectivity index (χ1) is 19.0. The van der Waals surface area contributed by atoms with Crippen LogP contribution in [-0.2, 0) is 11.3 Å². The number of rotatable bonds is 6. The van der Waals surface area contributed by atoms with Crippen molar-refractivity contribution in [3.63, 3.8) is 0 Å². The molecule has 0 spiro atoms. The fraction of sp³-hybridized carbons (Fsp3) is 0.400. The van der Waals surface area contributed by atoms with Crippen LogP contribution in [0.3, 0.4) is 0 Å². The van der Waals surface area contributed by atoms with Gasteiger partial charge in [-0.25, -0.2) is 9.67 Å². The number of aryl methyl sites for hydroxylation is 1. The van der Waals surface area contributed by atoms with Gasteiger partial charge >= 0.3 is 0 Å². The second kappa shape index (κ2) is 11.2. The largest absolute Gasteiger partial charge is 0.379 e. The Morgan fingerprint density at radius 3 is 2.59 bits per heavy atom. The molecule has 6 rings (SSSR count). The molecule has 9 heteroatoms. The Morgan fingerprint density at radius 1 is 1.00 bits per heavy atom. The van der Waals surface area contributed by atoms with Crippen molar-refractivity contribution in [1.29, 1.82) is 0 Å². The molecule has 2 fully saturated rings. The molecule has 0 bridgehead atoms. The molecule has 39 heavy (non-hydrogen) atoms. The summed E-state index contributed by atoms with van der Waals surface area (Å²) in [5.74, 6) is 0.173. The lowest BCUT2D eigenvalue weighted by Crippen LogP contribution is -2.48. The SMILES string of the molecule is Cc1ccccc1-n1nnc(C(=O)Nc2ccc3cc(CN4CCC(N5CCOCC5)CC4)ccc3n2)c1C. The van der Waals surface area contributed by atoms with Crippen molar-refractivity contribution in [3.8, 4) is 5.69 Å². The second-order valence-corrected chi connectivity index (χ2v) is 10.6. The molecule has 2 aromatic carbocycles. The zero-order chi connectivity index (χ0) is 26.8. The van der Waals surface area contributed by atoms with Crippen molar-refractivity contribution in [3.05, 3.63) is 77.1 Å². The Hall–Kier alpha value is -3.66. The van der Waals surface area contributed by atoms with E-state index < -0.39 is 0 Å². The molecule has 0 unspecified atom stereocenters. The molecule has 202 valence electrons. The predicted molar refractivity (Wildman–Crippen MR) is 151 cm³/mol. The van der Waals surface area contributed by atoms with E-state index in [9.17, 15) is 4.79 Å². The Bertz CT molecular complexity index is 1470. The van der Waals surface area contributed by atoms with E-state index in [4.69, 9.17) is 4.74 Å². The van der Waals surface area contributed by atoms with Crippen molar-refractivity contribution in [1.82, 2.24) is 29.8 Å². The molecule has 2 aliphatic rings. The Labute approximate surface area is 228 Å². The number of likely N-dealkylation sites (tertiary alicyclic amines) is 1. The van der Waals surface area contributed by atoms with Crippen molar-refractivity contribution in [2.45, 2.75) is 39.3 Å². The van der Waals surface area contributed by atoms with Crippen LogP contribution in [-0.4, -0.2) is 81.1 Å². The zero-order valence-corrected chi connectivity index (χ0v) is 22.6. The summed E-state index contributed by atoms with van der Waals surface area (Å²) in [6, 6.07) is 18.8. The average Bonchev–Trinajstić information content (AvgIpc) is 3.35. The lowest BCUT2D eigenvalue weighted by Gasteiger charge is -2.40. The monoisotopic (exact) mass is 525 g/mol. The fourth-order valence-electron chi connectivity index (χ4n) is 5.73. The first-order valence-corrected chi connectivity index (χ1v) is 13.8. The normalized spacial score (nSPS) is 17.5. The van der Waals surface area contributed by atoms with E-state index in [1.807, 2.05) is 56.3 Å². The summed E-state index contributed by atoms with van der Waals surface area (Å²) in [7, 11) is 0. The summed E-state index contributed by atoms with van der Waals surface area (Å²) in [5, 5.41) is 12.3. The molecule has 1 amide bonds. The van der Waals surface area contributed by atoms with E-state index in [0.717, 1.165) is 68.1 Å². The molecule has 0 atom stereocenters. The van der Waals surface area contributed by atoms with Gasteiger partial charge in [0, 0.05) is 31.1 Å². The maximum atomic E-state index is 13.0. The Balaban J connectivity index is 1.09. The van der Waals surface area contributed by atoms with Gasteiger partial charge in [0.05, 0.1) is 30.1 Å². The van der Waals surface area contributed by atoms with Gasteiger partial charge in [0.2, 0.25) is 0 Å². The standard InChI is InChI=1S/C30H35N7O2/c1-21-5-3-4-6-27(21)37-22(2)29(33-34-37)30(38)32-28-10-8-24-19-23(7-9-26(24)31-28)20-35-13-11-25(12-14-35)36-15-17-39-18-16-36/h3-10,19,25H,11-18,20H2,1-2H3,(H,31,32,38). The van der Waals surface area contributed by atoms with Crippen LogP contribution in [0, 0.1) is 13.8 Å². The molecule has 0 saturated carbocycles. The van der Waals surface area contributed by atoms with Gasteiger partial charge in [-0.05, 0) is 81.2 Å². The number of hydrogen-bond acceptors (Lipinski definition) is 7. The van der Waals surface area contributed by atoms with Crippen LogP contribution in [0.2, 0.25) is 0 Å². The number of amides is 1. The van der Waals surface area contributed by atoms with Crippen molar-refractivity contribution < 1.29 is 9.53 Å². The summed E-state index contributed by atoms with van der Waals surface area (Å²) in [4.78, 5) is 22.9. The number of piperidine rings is 1. The Morgan fingerprint density at radius 2 is 1.79 bits per heavy atom. The van der Waals surface area contributed by atoms with Gasteiger partial charge in [0.15, 0.2) is 5.69 Å². The number of hydrogen-bond donors (Lipinski definition) is 1. The fourth-order valence-corrected chi connectivity index (χ4v) is 5.73. The number of ether oxygens (including phenoxy) is 1. The summed E-state index contributed by atoms with van der Waals surface area (Å²) in [6.45, 7) is 10.9. The van der Waals surface area contributed by atoms with Gasteiger partial charge in [-0.2, -0.15) is 0 Å². The molecular formula is C30H35N7O2. The Kier molecular flexibility index (Phi) is 7.36. The van der Waals surface area contributed by atoms with Crippen LogP contribution >= 0.6 is 0 Å². The lowest BCUT2D eigenvalue weighted by molar-refractivity contribution is 0.000233. The minimum atomic E-state index is -0.323. The van der Waals surface area contributed by atoms with E-state index >= 15 is 0 Å². The maximum absolute atomic E-state index is 13.0. The van der Waals surface area contributed by atoms with Crippen LogP contribution in [0.4, 0.5) is 5.82 Å². The summed E-state index contributed by atoms with van der Waals surface area (Å²) in [6.07, 6.45) is 2.44. The minimum absolute atomic E-state index is 0.285. The number of carbonyl (C=O) groups is 1. The molecule has 0 aliphatic carbocycles. The first kappa shape index (κ1) is 25.6. The number of pyridine rings is 1. The topological polar surface area (TPSA) is 88.4 Å². The second-order valence-electron chi connectivity index (χ2n) is 10.6. The molecule has 9 nitrogen and oxygen atoms in total. The van der Waals surface area contributed by atoms with Crippen LogP contribution in [0.25, 0.3) is 16.6 Å². The van der Waals surface area contributed by atoms with Crippen molar-refractivity contribution in [2.75, 3.05) is 44.7 Å². The van der Waals surface area contributed by atoms with Gasteiger partial charge in [-0.15, -0.1) is 5.10 Å². The molecular weight excluding hydrogens is 490 g/mol. The van der Waals surface area contributed by atoms with E-state index in [2.05, 4.69) is 42.5 Å². The van der Waals surface area contributed by atoms with Crippen molar-refractivity contribution in [2.24, 2.45) is 0 Å². The summed E-state index contributed by atoms with van der Waals surface area (Å²) < 4.78 is 7.21. The van der Waals surface area contributed by atoms with Gasteiger partial charge in [-0.1, -0.05) is 29.5 Å². The highest BCUT2D eigenvalue weighted by atomic mass is 16.5. The van der Waals surface area contributed by atoms with Crippen LogP contribution in [0.1, 0.15) is 40.2 Å². The molecule has 2 aromatic heterocycles. The molecule has 1 N–H and O–H groups in total. The number of morpholine rings is 1. The average molecular weight is 526 g/mol. The number of carbonyl (C=O) groups excluding carboxylic acids is 1. The van der Waals surface area contributed by atoms with Gasteiger partial charge < -0.3 is 10.1 Å². The highest BCUT2D eigenvalue weighted by molar-refractivity contribution is 6.03. The van der Waals surface area contributed by atoms with Gasteiger partial charge in [0.1, 0.15) is 5.82 Å². The minimum Gasteiger partial charge on any atom is -0.379 e. The summed E-state index contributed by atoms with van der Waals surface area (Å²) in [5.41, 5.74) is 5.07. The van der Waals surface area contributed by atoms with Crippen LogP contribution in [0.5, 0.6) is 0 Å². The molecule has 0 radical (unpaired) electrons. The van der Waals surface area contributed by atoms with E-state index in [-0.39, 0.29) is 11.6 Å². The highest BCUT2D eigenvalue weighted by Crippen LogP contribution is 2.23. The lowest BCUT2D eigenvalue weighted by atomic mass is 10.0. The number of aromatic nitrogens is 4. The van der Waals surface area contributed by atoms with Gasteiger partial charge in [-0.3, -0.25) is 14.6 Å². The number of anilines is 1. The van der Waals surface area contributed by atoms with E-state index in [1.54, 1.807) is 4.68 Å². The summed E-state index contributed by atoms with van der Waals surface area (Å²) >= 11 is 0. The smallest absolute Gasteiger partial charge is 0.279 e. The van der Waals surface area contributed by atoms with Crippen LogP contribution < -0.4 is 5.32 Å². The van der Waals surface area contributed by atoms with Crippen LogP contribution in [0.15, 0.2) is 54.6 Å². The third kappa shape index (κ3) is 5.56. The third-order valence-corrected chi connectivity index (χ3v) is 7.97. The number of nitrogens with zero attached hydrogens (tertiary/aromatic N) is 6. The molecule has 2 aliphatic heterocycles. The molecule has 4 aromatic rings. The first-order valence-electron chi connectivity index (χ1n) is 13.8. The third-order valence-electron chi connectivity index (χ3n) is 7.97. The zero-order valence-electron chi connectivity index (χ0n) is 22.6. The quantitative estimate of drug-likeness (QED) is 0.407. The predicted octanol–water partition coefficient (Wildman–Crippen LogP) is 3.98. The highest BCUT2D eigenvalue weighted by Gasteiger charge is 2.26. The number of nitrogens with one attached hydrogen (secondary N) is 1. The van der Waals surface area contributed by atoms with Gasteiger partial charge in [0.25, 0.3) is 5.91 Å². The van der Waals surface area contributed by atoms with Crippen molar-refractivity contribution >= 4 is 22.6 Å². The number of fused-ring (bicyclic) bond motifs is 1. The number of para-hydroxylation sites is 1. The van der Waals surface area contributed by atoms with E-state index in [0.29, 0.717) is 17.6 Å². The maximum Gasteiger partial charge on any atom is 0.279 e. The van der Waals surface area contributed by atoms with E-state index in [1.165, 1.54) is 18.4 Å². The molecule has 2 saturated heterocycles. The number of benzene rings is 2.